The topological polar surface area (TPSA) is 83.8 Å². The van der Waals surface area contributed by atoms with Gasteiger partial charge in [-0.1, -0.05) is 36.4 Å². The van der Waals surface area contributed by atoms with Gasteiger partial charge in [0, 0.05) is 23.1 Å². The van der Waals surface area contributed by atoms with Crippen molar-refractivity contribution in [3.05, 3.63) is 30.5 Å². The second-order valence-electron chi connectivity index (χ2n) is 8.52. The molecule has 6 nitrogen and oxygen atoms in total. The van der Waals surface area contributed by atoms with Crippen molar-refractivity contribution >= 4 is 28.6 Å². The Balaban J connectivity index is 1.22. The van der Waals surface area contributed by atoms with Crippen molar-refractivity contribution < 1.29 is 9.21 Å². The number of aromatic amines is 1. The fraction of sp³-hybridized carbons (Fsp3) is 0.500. The van der Waals surface area contributed by atoms with E-state index in [0.717, 1.165) is 28.3 Å². The lowest BCUT2D eigenvalue weighted by atomic mass is 9.84. The molecule has 2 N–H and O–H groups in total. The second-order valence-corrected chi connectivity index (χ2v) is 9.81. The monoisotopic (exact) mass is 410 g/mol. The van der Waals surface area contributed by atoms with E-state index in [1.165, 1.54) is 37.4 Å². The highest BCUT2D eigenvalue weighted by molar-refractivity contribution is 8.00. The summed E-state index contributed by atoms with van der Waals surface area (Å²) in [7, 11) is 0. The van der Waals surface area contributed by atoms with Gasteiger partial charge in [0.25, 0.3) is 11.1 Å². The fourth-order valence-electron chi connectivity index (χ4n) is 5.17. The summed E-state index contributed by atoms with van der Waals surface area (Å²) in [5.41, 5.74) is 1.90. The van der Waals surface area contributed by atoms with Crippen LogP contribution in [0.25, 0.3) is 22.4 Å². The predicted molar refractivity (Wildman–Crippen MR) is 113 cm³/mol. The predicted octanol–water partition coefficient (Wildman–Crippen LogP) is 4.64. The summed E-state index contributed by atoms with van der Waals surface area (Å²) >= 11 is 1.31. The van der Waals surface area contributed by atoms with Crippen LogP contribution in [0.1, 0.15) is 39.5 Å². The number of thioether (sulfide) groups is 1. The highest BCUT2D eigenvalue weighted by Gasteiger charge is 2.42. The van der Waals surface area contributed by atoms with Crippen molar-refractivity contribution in [2.45, 2.75) is 56.0 Å². The van der Waals surface area contributed by atoms with Crippen LogP contribution in [0.2, 0.25) is 0 Å². The number of amides is 1. The van der Waals surface area contributed by atoms with Crippen molar-refractivity contribution in [2.24, 2.45) is 17.8 Å². The third-order valence-electron chi connectivity index (χ3n) is 6.68. The van der Waals surface area contributed by atoms with Gasteiger partial charge < -0.3 is 14.7 Å². The number of carbonyl (C=O) groups excluding carboxylic acids is 1. The lowest BCUT2D eigenvalue weighted by Crippen LogP contribution is -2.43. The third-order valence-corrected chi connectivity index (χ3v) is 7.61. The van der Waals surface area contributed by atoms with Crippen LogP contribution in [-0.2, 0) is 4.79 Å². The molecule has 2 heterocycles. The van der Waals surface area contributed by atoms with E-state index in [1.807, 2.05) is 37.4 Å². The molecular formula is C22H26N4O2S. The summed E-state index contributed by atoms with van der Waals surface area (Å²) in [5.74, 6) is 2.82. The van der Waals surface area contributed by atoms with Crippen LogP contribution < -0.4 is 5.32 Å². The Labute approximate surface area is 174 Å². The van der Waals surface area contributed by atoms with Gasteiger partial charge in [-0.05, 0) is 56.9 Å². The number of hydrogen-bond donors (Lipinski definition) is 2. The van der Waals surface area contributed by atoms with Crippen molar-refractivity contribution in [3.8, 4) is 11.5 Å². The maximum atomic E-state index is 12.7. The minimum absolute atomic E-state index is 0.0390. The van der Waals surface area contributed by atoms with Crippen molar-refractivity contribution in [1.82, 2.24) is 20.5 Å². The van der Waals surface area contributed by atoms with Gasteiger partial charge in [0.05, 0.1) is 10.8 Å². The molecule has 0 saturated heterocycles. The Morgan fingerprint density at radius 1 is 1.24 bits per heavy atom. The molecule has 2 aliphatic carbocycles. The number of rotatable bonds is 6. The smallest absolute Gasteiger partial charge is 0.277 e. The summed E-state index contributed by atoms with van der Waals surface area (Å²) < 4.78 is 5.84. The number of hydrogen-bond acceptors (Lipinski definition) is 5. The van der Waals surface area contributed by atoms with Crippen LogP contribution in [0.4, 0.5) is 0 Å². The average Bonchev–Trinajstić information content (AvgIpc) is 3.50. The molecule has 29 heavy (non-hydrogen) atoms. The highest BCUT2D eigenvalue weighted by atomic mass is 32.2. The van der Waals surface area contributed by atoms with Gasteiger partial charge in [-0.15, -0.1) is 10.2 Å². The van der Waals surface area contributed by atoms with Gasteiger partial charge in [-0.25, -0.2) is 0 Å². The van der Waals surface area contributed by atoms with Gasteiger partial charge in [0.1, 0.15) is 0 Å². The summed E-state index contributed by atoms with van der Waals surface area (Å²) in [4.78, 5) is 15.9. The largest absolute Gasteiger partial charge is 0.411 e. The van der Waals surface area contributed by atoms with Crippen molar-refractivity contribution in [2.75, 3.05) is 0 Å². The lowest BCUT2D eigenvalue weighted by Gasteiger charge is -2.29. The summed E-state index contributed by atoms with van der Waals surface area (Å²) in [5, 5.41) is 12.7. The van der Waals surface area contributed by atoms with Crippen LogP contribution in [0.3, 0.4) is 0 Å². The molecule has 2 bridgehead atoms. The molecule has 7 heteroatoms. The maximum absolute atomic E-state index is 12.7. The molecule has 2 fully saturated rings. The number of fused-ring (bicyclic) bond motifs is 3. The van der Waals surface area contributed by atoms with Gasteiger partial charge in [-0.3, -0.25) is 4.79 Å². The first-order valence-electron chi connectivity index (χ1n) is 10.5. The average molecular weight is 411 g/mol. The second kappa shape index (κ2) is 7.52. The Hall–Kier alpha value is -2.28. The fourth-order valence-corrected chi connectivity index (χ4v) is 5.87. The van der Waals surface area contributed by atoms with Gasteiger partial charge >= 0.3 is 0 Å². The first-order valence-corrected chi connectivity index (χ1v) is 11.3. The Morgan fingerprint density at radius 2 is 2.10 bits per heavy atom. The third kappa shape index (κ3) is 3.56. The first-order chi connectivity index (χ1) is 14.1. The quantitative estimate of drug-likeness (QED) is 0.579. The van der Waals surface area contributed by atoms with E-state index < -0.39 is 0 Å². The molecule has 0 spiro atoms. The summed E-state index contributed by atoms with van der Waals surface area (Å²) in [6.07, 6.45) is 7.21. The van der Waals surface area contributed by atoms with E-state index in [2.05, 4.69) is 27.4 Å². The minimum atomic E-state index is -0.285. The molecule has 2 saturated carbocycles. The molecule has 0 aliphatic heterocycles. The van der Waals surface area contributed by atoms with E-state index >= 15 is 0 Å². The first kappa shape index (κ1) is 18.7. The number of nitrogens with zero attached hydrogens (tertiary/aromatic N) is 2. The van der Waals surface area contributed by atoms with E-state index in [9.17, 15) is 4.79 Å². The number of carbonyl (C=O) groups is 1. The zero-order valence-corrected chi connectivity index (χ0v) is 17.5. The highest BCUT2D eigenvalue weighted by Crippen LogP contribution is 2.49. The van der Waals surface area contributed by atoms with E-state index in [0.29, 0.717) is 17.0 Å². The zero-order chi connectivity index (χ0) is 20.0. The molecule has 5 atom stereocenters. The Kier molecular flexibility index (Phi) is 4.86. The van der Waals surface area contributed by atoms with Crippen LogP contribution >= 0.6 is 11.8 Å². The summed E-state index contributed by atoms with van der Waals surface area (Å²) in [6, 6.07) is 8.22. The van der Waals surface area contributed by atoms with Crippen LogP contribution in [0.5, 0.6) is 0 Å². The molecule has 152 valence electrons. The molecule has 0 radical (unpaired) electrons. The normalized spacial score (nSPS) is 25.4. The molecule has 5 rings (SSSR count). The molecule has 0 unspecified atom stereocenters. The molecule has 3 aromatic rings. The Bertz CT molecular complexity index is 1030. The minimum Gasteiger partial charge on any atom is -0.411 e. The van der Waals surface area contributed by atoms with Crippen molar-refractivity contribution in [3.63, 3.8) is 0 Å². The molecule has 1 aromatic carbocycles. The molecular weight excluding hydrogens is 384 g/mol. The van der Waals surface area contributed by atoms with Gasteiger partial charge in [0.2, 0.25) is 5.91 Å². The van der Waals surface area contributed by atoms with Crippen molar-refractivity contribution in [1.29, 1.82) is 0 Å². The number of aromatic nitrogens is 3. The van der Waals surface area contributed by atoms with E-state index in [4.69, 9.17) is 4.42 Å². The maximum Gasteiger partial charge on any atom is 0.277 e. The number of para-hydroxylation sites is 1. The standard InChI is InChI=1S/C22H26N4O2S/c1-12(17-10-14-7-8-15(17)9-14)24-20(27)13(2)29-22-26-25-21(28-22)18-11-23-19-6-4-3-5-16(18)19/h3-6,11-15,17,23H,7-10H2,1-2H3,(H,24,27)/t12-,13+,14+,15+,17-/m1/s1. The molecule has 1 amide bonds. The van der Waals surface area contributed by atoms with E-state index in [1.54, 1.807) is 0 Å². The SMILES string of the molecule is C[C@H](Sc1nnc(-c2c[nH]c3ccccc23)o1)C(=O)N[C@H](C)[C@H]1C[C@H]2CC[C@H]1C2. The van der Waals surface area contributed by atoms with Crippen LogP contribution in [-0.4, -0.2) is 32.4 Å². The Morgan fingerprint density at radius 3 is 2.90 bits per heavy atom. The van der Waals surface area contributed by atoms with Gasteiger partial charge in [0.15, 0.2) is 0 Å². The number of H-pyrrole nitrogens is 1. The van der Waals surface area contributed by atoms with Crippen LogP contribution in [0, 0.1) is 17.8 Å². The van der Waals surface area contributed by atoms with E-state index in [-0.39, 0.29) is 17.2 Å². The zero-order valence-electron chi connectivity index (χ0n) is 16.7. The molecule has 2 aromatic heterocycles. The van der Waals surface area contributed by atoms with Gasteiger partial charge in [-0.2, -0.15) is 0 Å². The van der Waals surface area contributed by atoms with Crippen LogP contribution in [0.15, 0.2) is 40.1 Å². The molecule has 2 aliphatic rings. The lowest BCUT2D eigenvalue weighted by molar-refractivity contribution is -0.121. The summed E-state index contributed by atoms with van der Waals surface area (Å²) in [6.45, 7) is 4.05. The number of benzene rings is 1. The number of nitrogens with one attached hydrogen (secondary N) is 2.